The number of nitrogens with one attached hydrogen (secondary N) is 1. The van der Waals surface area contributed by atoms with Crippen molar-refractivity contribution in [2.24, 2.45) is 5.92 Å². The predicted molar refractivity (Wildman–Crippen MR) is 70.7 cm³/mol. The van der Waals surface area contributed by atoms with Crippen LogP contribution in [0, 0.1) is 12.8 Å². The van der Waals surface area contributed by atoms with Gasteiger partial charge in [0.2, 0.25) is 0 Å². The second-order valence-corrected chi connectivity index (χ2v) is 4.60. The van der Waals surface area contributed by atoms with Gasteiger partial charge in [0.05, 0.1) is 5.56 Å². The summed E-state index contributed by atoms with van der Waals surface area (Å²) >= 11 is 0. The van der Waals surface area contributed by atoms with Gasteiger partial charge in [0.1, 0.15) is 0 Å². The van der Waals surface area contributed by atoms with E-state index >= 15 is 0 Å². The molecule has 3 nitrogen and oxygen atoms in total. The first-order chi connectivity index (χ1) is 7.97. The zero-order chi connectivity index (χ0) is 13.0. The third kappa shape index (κ3) is 3.22. The molecule has 0 radical (unpaired) electrons. The van der Waals surface area contributed by atoms with Crippen LogP contribution >= 0.6 is 0 Å². The Balaban J connectivity index is 2.92. The van der Waals surface area contributed by atoms with Crippen LogP contribution in [0.25, 0.3) is 0 Å². The van der Waals surface area contributed by atoms with Crippen molar-refractivity contribution in [3.8, 4) is 0 Å². The molecule has 0 saturated carbocycles. The van der Waals surface area contributed by atoms with Crippen molar-refractivity contribution in [2.45, 2.75) is 40.2 Å². The maximum Gasteiger partial charge on any atom is 0.336 e. The van der Waals surface area contributed by atoms with Gasteiger partial charge < -0.3 is 10.4 Å². The Kier molecular flexibility index (Phi) is 4.55. The maximum atomic E-state index is 11.0. The number of aromatic carboxylic acids is 1. The average molecular weight is 235 g/mol. The van der Waals surface area contributed by atoms with Crippen LogP contribution in [0.5, 0.6) is 0 Å². The highest BCUT2D eigenvalue weighted by Gasteiger charge is 2.14. The van der Waals surface area contributed by atoms with Gasteiger partial charge in [-0.3, -0.25) is 0 Å². The van der Waals surface area contributed by atoms with Crippen molar-refractivity contribution in [3.63, 3.8) is 0 Å². The molecule has 0 heterocycles. The molecule has 2 N–H and O–H groups in total. The highest BCUT2D eigenvalue weighted by Crippen LogP contribution is 2.21. The number of hydrogen-bond acceptors (Lipinski definition) is 2. The zero-order valence-electron chi connectivity index (χ0n) is 10.9. The van der Waals surface area contributed by atoms with E-state index in [1.54, 1.807) is 12.1 Å². The number of anilines is 1. The first kappa shape index (κ1) is 13.6. The maximum absolute atomic E-state index is 11.0. The van der Waals surface area contributed by atoms with Crippen molar-refractivity contribution < 1.29 is 9.90 Å². The van der Waals surface area contributed by atoms with E-state index in [1.165, 1.54) is 0 Å². The molecule has 94 valence electrons. The molecule has 2 unspecified atom stereocenters. The zero-order valence-corrected chi connectivity index (χ0v) is 10.9. The Hall–Kier alpha value is -1.51. The van der Waals surface area contributed by atoms with Gasteiger partial charge in [-0.25, -0.2) is 4.79 Å². The topological polar surface area (TPSA) is 49.3 Å². The van der Waals surface area contributed by atoms with Crippen LogP contribution in [-0.4, -0.2) is 17.1 Å². The Morgan fingerprint density at radius 1 is 1.41 bits per heavy atom. The fourth-order valence-corrected chi connectivity index (χ4v) is 1.76. The van der Waals surface area contributed by atoms with Crippen molar-refractivity contribution in [1.82, 2.24) is 0 Å². The summed E-state index contributed by atoms with van der Waals surface area (Å²) in [5.74, 6) is -0.315. The highest BCUT2D eigenvalue weighted by molar-refractivity contribution is 5.91. The van der Waals surface area contributed by atoms with Crippen LogP contribution in [0.15, 0.2) is 18.2 Å². The van der Waals surface area contributed by atoms with Crippen LogP contribution in [0.1, 0.15) is 43.1 Å². The van der Waals surface area contributed by atoms with Crippen LogP contribution in [-0.2, 0) is 0 Å². The number of benzene rings is 1. The standard InChI is InChI=1S/C14H21NO2/c1-5-9(2)11(4)15-13-8-6-7-12(10(13)3)14(16)17/h6-9,11,15H,5H2,1-4H3,(H,16,17). The molecule has 1 aromatic carbocycles. The fourth-order valence-electron chi connectivity index (χ4n) is 1.76. The van der Waals surface area contributed by atoms with Gasteiger partial charge in [-0.15, -0.1) is 0 Å². The number of rotatable bonds is 5. The van der Waals surface area contributed by atoms with Crippen LogP contribution < -0.4 is 5.32 Å². The molecular weight excluding hydrogens is 214 g/mol. The van der Waals surface area contributed by atoms with Gasteiger partial charge in [0, 0.05) is 11.7 Å². The van der Waals surface area contributed by atoms with Gasteiger partial charge in [-0.05, 0) is 37.5 Å². The van der Waals surface area contributed by atoms with E-state index in [1.807, 2.05) is 13.0 Å². The van der Waals surface area contributed by atoms with E-state index in [4.69, 9.17) is 5.11 Å². The SMILES string of the molecule is CCC(C)C(C)Nc1cccc(C(=O)O)c1C. The van der Waals surface area contributed by atoms with E-state index in [0.717, 1.165) is 17.7 Å². The van der Waals surface area contributed by atoms with Crippen molar-refractivity contribution in [3.05, 3.63) is 29.3 Å². The summed E-state index contributed by atoms with van der Waals surface area (Å²) in [4.78, 5) is 11.0. The van der Waals surface area contributed by atoms with Crippen LogP contribution in [0.3, 0.4) is 0 Å². The molecule has 0 aliphatic heterocycles. The van der Waals surface area contributed by atoms with Gasteiger partial charge in [-0.1, -0.05) is 26.3 Å². The van der Waals surface area contributed by atoms with Crippen molar-refractivity contribution >= 4 is 11.7 Å². The van der Waals surface area contributed by atoms with Gasteiger partial charge in [-0.2, -0.15) is 0 Å². The Morgan fingerprint density at radius 3 is 2.59 bits per heavy atom. The van der Waals surface area contributed by atoms with Crippen LogP contribution in [0.4, 0.5) is 5.69 Å². The van der Waals surface area contributed by atoms with Gasteiger partial charge in [0.25, 0.3) is 0 Å². The van der Waals surface area contributed by atoms with Crippen LogP contribution in [0.2, 0.25) is 0 Å². The number of hydrogen-bond donors (Lipinski definition) is 2. The van der Waals surface area contributed by atoms with E-state index in [9.17, 15) is 4.79 Å². The van der Waals surface area contributed by atoms with Crippen molar-refractivity contribution in [1.29, 1.82) is 0 Å². The fraction of sp³-hybridized carbons (Fsp3) is 0.500. The normalized spacial score (nSPS) is 14.1. The highest BCUT2D eigenvalue weighted by atomic mass is 16.4. The third-order valence-corrected chi connectivity index (χ3v) is 3.44. The minimum absolute atomic E-state index is 0.336. The molecule has 0 saturated heterocycles. The Labute approximate surface area is 103 Å². The summed E-state index contributed by atoms with van der Waals surface area (Å²) in [6.45, 7) is 8.31. The van der Waals surface area contributed by atoms with Gasteiger partial charge >= 0.3 is 5.97 Å². The Bertz CT molecular complexity index is 401. The summed E-state index contributed by atoms with van der Waals surface area (Å²) < 4.78 is 0. The quantitative estimate of drug-likeness (QED) is 0.820. The monoisotopic (exact) mass is 235 g/mol. The molecule has 0 bridgehead atoms. The molecule has 0 fully saturated rings. The molecular formula is C14H21NO2. The number of carbonyl (C=O) groups is 1. The summed E-state index contributed by atoms with van der Waals surface area (Å²) in [5.41, 5.74) is 2.08. The number of carboxylic acid groups (broad SMARTS) is 1. The lowest BCUT2D eigenvalue weighted by atomic mass is 9.99. The molecule has 0 spiro atoms. The first-order valence-electron chi connectivity index (χ1n) is 6.06. The number of carboxylic acids is 1. The molecule has 0 aliphatic rings. The minimum Gasteiger partial charge on any atom is -0.478 e. The first-order valence-corrected chi connectivity index (χ1v) is 6.06. The van der Waals surface area contributed by atoms with Crippen molar-refractivity contribution in [2.75, 3.05) is 5.32 Å². The molecule has 0 aromatic heterocycles. The second kappa shape index (κ2) is 5.71. The van der Waals surface area contributed by atoms with E-state index in [0.29, 0.717) is 17.5 Å². The van der Waals surface area contributed by atoms with E-state index in [2.05, 4.69) is 26.1 Å². The average Bonchev–Trinajstić information content (AvgIpc) is 2.30. The smallest absolute Gasteiger partial charge is 0.336 e. The molecule has 0 amide bonds. The molecule has 3 heteroatoms. The molecule has 0 aliphatic carbocycles. The lowest BCUT2D eigenvalue weighted by Crippen LogP contribution is -2.24. The second-order valence-electron chi connectivity index (χ2n) is 4.60. The summed E-state index contributed by atoms with van der Waals surface area (Å²) in [6.07, 6.45) is 1.10. The largest absolute Gasteiger partial charge is 0.478 e. The van der Waals surface area contributed by atoms with E-state index < -0.39 is 5.97 Å². The Morgan fingerprint density at radius 2 is 2.06 bits per heavy atom. The lowest BCUT2D eigenvalue weighted by molar-refractivity contribution is 0.0696. The molecule has 1 aromatic rings. The summed E-state index contributed by atoms with van der Waals surface area (Å²) in [5, 5.41) is 12.4. The predicted octanol–water partition coefficient (Wildman–Crippen LogP) is 3.54. The summed E-state index contributed by atoms with van der Waals surface area (Å²) in [7, 11) is 0. The van der Waals surface area contributed by atoms with Gasteiger partial charge in [0.15, 0.2) is 0 Å². The minimum atomic E-state index is -0.873. The molecule has 2 atom stereocenters. The lowest BCUT2D eigenvalue weighted by Gasteiger charge is -2.22. The van der Waals surface area contributed by atoms with E-state index in [-0.39, 0.29) is 0 Å². The molecule has 17 heavy (non-hydrogen) atoms. The summed E-state index contributed by atoms with van der Waals surface area (Å²) in [6, 6.07) is 5.68. The molecule has 1 rings (SSSR count). The third-order valence-electron chi connectivity index (χ3n) is 3.44.